The largest absolute Gasteiger partial charge is 0.337 e. The number of aliphatic imine (C=N–C) groups is 1. The third kappa shape index (κ3) is 3.53. The highest BCUT2D eigenvalue weighted by Crippen LogP contribution is 2.50. The lowest BCUT2D eigenvalue weighted by Crippen LogP contribution is -2.29. The minimum Gasteiger partial charge on any atom is -0.337 e. The number of rotatable bonds is 3. The molecule has 0 N–H and O–H groups in total. The fraction of sp³-hybridized carbons (Fsp3) is 0.0833. The summed E-state index contributed by atoms with van der Waals surface area (Å²) in [5, 5.41) is 1.67. The minimum absolute atomic E-state index is 0.000639. The van der Waals surface area contributed by atoms with E-state index < -0.39 is 0 Å². The second-order valence-corrected chi connectivity index (χ2v) is 8.98. The number of carbonyl (C=O) groups excluding carboxylic acids is 1. The van der Waals surface area contributed by atoms with Crippen molar-refractivity contribution >= 4 is 46.0 Å². The second kappa shape index (κ2) is 8.05. The van der Waals surface area contributed by atoms with E-state index in [1.165, 1.54) is 16.7 Å². The molecule has 5 rings (SSSR count). The van der Waals surface area contributed by atoms with E-state index in [0.717, 1.165) is 26.9 Å². The van der Waals surface area contributed by atoms with Crippen LogP contribution in [0.4, 0.5) is 11.4 Å². The number of para-hydroxylation sites is 2. The quantitative estimate of drug-likeness (QED) is 0.489. The van der Waals surface area contributed by atoms with Crippen molar-refractivity contribution in [3.8, 4) is 0 Å². The van der Waals surface area contributed by atoms with Crippen molar-refractivity contribution in [3.63, 3.8) is 0 Å². The molecule has 0 aromatic heterocycles. The third-order valence-corrected chi connectivity index (χ3v) is 7.39. The highest BCUT2D eigenvalue weighted by atomic mass is 32.2. The number of hydrogen-bond acceptors (Lipinski definition) is 5. The standard InChI is InChI=1S/C24H19N3OS2/c1-26-19-14-8-9-15-20(19)29-23(26)21-22(28)27(16-17-10-4-2-5-11-17)24(30-21)25-18-12-6-3-7-13-18/h2-15H,16H2,1H3/b23-21-,25-24+. The van der Waals surface area contributed by atoms with Crippen LogP contribution in [0.15, 0.2) is 105 Å². The van der Waals surface area contributed by atoms with Crippen molar-refractivity contribution in [1.82, 2.24) is 4.90 Å². The van der Waals surface area contributed by atoms with Crippen LogP contribution in [0.5, 0.6) is 0 Å². The van der Waals surface area contributed by atoms with Crippen molar-refractivity contribution in [1.29, 1.82) is 0 Å². The Balaban J connectivity index is 1.55. The number of carbonyl (C=O) groups is 1. The van der Waals surface area contributed by atoms with Crippen LogP contribution in [-0.2, 0) is 11.3 Å². The average molecular weight is 430 g/mol. The highest BCUT2D eigenvalue weighted by molar-refractivity contribution is 8.19. The van der Waals surface area contributed by atoms with Gasteiger partial charge in [0.2, 0.25) is 0 Å². The number of amides is 1. The summed E-state index contributed by atoms with van der Waals surface area (Å²) < 4.78 is 0. The zero-order valence-electron chi connectivity index (χ0n) is 16.4. The van der Waals surface area contributed by atoms with Gasteiger partial charge in [-0.15, -0.1) is 0 Å². The van der Waals surface area contributed by atoms with E-state index in [2.05, 4.69) is 17.0 Å². The summed E-state index contributed by atoms with van der Waals surface area (Å²) in [5.74, 6) is 0.000639. The number of hydrogen-bond donors (Lipinski definition) is 0. The van der Waals surface area contributed by atoms with Gasteiger partial charge in [0.25, 0.3) is 5.91 Å². The molecule has 0 spiro atoms. The van der Waals surface area contributed by atoms with Crippen LogP contribution in [-0.4, -0.2) is 23.0 Å². The van der Waals surface area contributed by atoms with Gasteiger partial charge in [0.05, 0.1) is 22.9 Å². The minimum atomic E-state index is 0.000639. The van der Waals surface area contributed by atoms with Crippen molar-refractivity contribution in [2.45, 2.75) is 11.4 Å². The molecule has 1 fully saturated rings. The lowest BCUT2D eigenvalue weighted by atomic mass is 10.2. The lowest BCUT2D eigenvalue weighted by molar-refractivity contribution is -0.122. The van der Waals surface area contributed by atoms with Gasteiger partial charge in [-0.2, -0.15) is 0 Å². The first-order valence-electron chi connectivity index (χ1n) is 9.63. The Labute approximate surface area is 184 Å². The van der Waals surface area contributed by atoms with E-state index in [4.69, 9.17) is 4.99 Å². The monoisotopic (exact) mass is 429 g/mol. The maximum atomic E-state index is 13.5. The number of nitrogens with zero attached hydrogens (tertiary/aromatic N) is 3. The van der Waals surface area contributed by atoms with E-state index in [1.54, 1.807) is 16.7 Å². The van der Waals surface area contributed by atoms with Gasteiger partial charge in [-0.05, 0) is 41.6 Å². The predicted octanol–water partition coefficient (Wildman–Crippen LogP) is 5.86. The van der Waals surface area contributed by atoms with Gasteiger partial charge in [0.15, 0.2) is 5.17 Å². The SMILES string of the molecule is CN1/C(=C2/S/C(=N/c3ccccc3)N(Cc3ccccc3)C2=O)Sc2ccccc21. The predicted molar refractivity (Wildman–Crippen MR) is 126 cm³/mol. The Morgan fingerprint density at radius 1 is 0.833 bits per heavy atom. The van der Waals surface area contributed by atoms with Crippen LogP contribution in [0, 0.1) is 0 Å². The van der Waals surface area contributed by atoms with Gasteiger partial charge in [0, 0.05) is 11.9 Å². The Bertz CT molecular complexity index is 1160. The van der Waals surface area contributed by atoms with E-state index in [-0.39, 0.29) is 5.91 Å². The Morgan fingerprint density at radius 3 is 2.23 bits per heavy atom. The van der Waals surface area contributed by atoms with Gasteiger partial charge in [-0.25, -0.2) is 4.99 Å². The summed E-state index contributed by atoms with van der Waals surface area (Å²) in [6, 6.07) is 28.1. The zero-order valence-corrected chi connectivity index (χ0v) is 18.0. The molecule has 2 aliphatic heterocycles. The highest BCUT2D eigenvalue weighted by Gasteiger charge is 2.39. The molecule has 0 atom stereocenters. The van der Waals surface area contributed by atoms with Crippen molar-refractivity contribution in [3.05, 3.63) is 100 Å². The third-order valence-electron chi connectivity index (χ3n) is 4.96. The topological polar surface area (TPSA) is 35.9 Å². The van der Waals surface area contributed by atoms with Gasteiger partial charge >= 0.3 is 0 Å². The van der Waals surface area contributed by atoms with Crippen LogP contribution < -0.4 is 4.90 Å². The molecule has 0 radical (unpaired) electrons. The van der Waals surface area contributed by atoms with Crippen LogP contribution in [0.25, 0.3) is 0 Å². The number of amidine groups is 1. The van der Waals surface area contributed by atoms with E-state index >= 15 is 0 Å². The maximum absolute atomic E-state index is 13.5. The molecule has 0 saturated carbocycles. The Hall–Kier alpha value is -2.96. The molecule has 2 aliphatic rings. The van der Waals surface area contributed by atoms with Crippen LogP contribution in [0.2, 0.25) is 0 Å². The van der Waals surface area contributed by atoms with Crippen LogP contribution in [0.1, 0.15) is 5.56 Å². The van der Waals surface area contributed by atoms with Gasteiger partial charge < -0.3 is 4.90 Å². The number of anilines is 1. The summed E-state index contributed by atoms with van der Waals surface area (Å²) in [4.78, 5) is 24.1. The summed E-state index contributed by atoms with van der Waals surface area (Å²) in [5.41, 5.74) is 3.04. The van der Waals surface area contributed by atoms with Crippen molar-refractivity contribution in [2.75, 3.05) is 11.9 Å². The summed E-state index contributed by atoms with van der Waals surface area (Å²) in [6.45, 7) is 0.496. The molecule has 30 heavy (non-hydrogen) atoms. The number of fused-ring (bicyclic) bond motifs is 1. The molecule has 1 amide bonds. The van der Waals surface area contributed by atoms with Gasteiger partial charge in [0.1, 0.15) is 4.91 Å². The van der Waals surface area contributed by atoms with Gasteiger partial charge in [-0.1, -0.05) is 72.4 Å². The maximum Gasteiger partial charge on any atom is 0.269 e. The average Bonchev–Trinajstić information content (AvgIpc) is 3.27. The molecule has 0 aliphatic carbocycles. The van der Waals surface area contributed by atoms with Crippen LogP contribution in [0.3, 0.4) is 0 Å². The van der Waals surface area contributed by atoms with E-state index in [9.17, 15) is 4.79 Å². The molecular weight excluding hydrogens is 410 g/mol. The second-order valence-electron chi connectivity index (χ2n) is 6.97. The summed E-state index contributed by atoms with van der Waals surface area (Å²) >= 11 is 3.10. The molecule has 0 unspecified atom stereocenters. The fourth-order valence-corrected chi connectivity index (χ4v) is 5.78. The molecule has 4 nitrogen and oxygen atoms in total. The molecule has 3 aromatic carbocycles. The van der Waals surface area contributed by atoms with E-state index in [0.29, 0.717) is 11.7 Å². The molecule has 2 heterocycles. The first-order chi connectivity index (χ1) is 14.7. The molecule has 1 saturated heterocycles. The van der Waals surface area contributed by atoms with Gasteiger partial charge in [-0.3, -0.25) is 9.69 Å². The summed E-state index contributed by atoms with van der Waals surface area (Å²) in [7, 11) is 2.02. The fourth-order valence-electron chi connectivity index (χ4n) is 3.44. The molecule has 148 valence electrons. The normalized spacial score (nSPS) is 19.6. The van der Waals surface area contributed by atoms with E-state index in [1.807, 2.05) is 79.8 Å². The number of thioether (sulfide) groups is 2. The first-order valence-corrected chi connectivity index (χ1v) is 11.3. The molecule has 6 heteroatoms. The Morgan fingerprint density at radius 2 is 1.50 bits per heavy atom. The van der Waals surface area contributed by atoms with Crippen LogP contribution >= 0.6 is 23.5 Å². The molecule has 3 aromatic rings. The summed E-state index contributed by atoms with van der Waals surface area (Å²) in [6.07, 6.45) is 0. The number of benzene rings is 3. The first kappa shape index (κ1) is 19.0. The van der Waals surface area contributed by atoms with Crippen molar-refractivity contribution in [2.24, 2.45) is 4.99 Å². The zero-order chi connectivity index (χ0) is 20.5. The molecule has 0 bridgehead atoms. The van der Waals surface area contributed by atoms with Crippen molar-refractivity contribution < 1.29 is 4.79 Å². The lowest BCUT2D eigenvalue weighted by Gasteiger charge is -2.16. The molecular formula is C24H19N3OS2. The smallest absolute Gasteiger partial charge is 0.269 e. The Kier molecular flexibility index (Phi) is 5.11.